The van der Waals surface area contributed by atoms with Crippen molar-refractivity contribution in [3.8, 4) is 0 Å². The minimum absolute atomic E-state index is 0.117. The molecule has 0 aliphatic heterocycles. The molecule has 0 amide bonds. The van der Waals surface area contributed by atoms with Crippen LogP contribution in [0.15, 0.2) is 23.7 Å². The number of nitrogens with zero attached hydrogens (tertiary/aromatic N) is 1. The zero-order valence-corrected chi connectivity index (χ0v) is 14.9. The lowest BCUT2D eigenvalue weighted by Gasteiger charge is -2.08. The molecule has 0 saturated heterocycles. The average Bonchev–Trinajstić information content (AvgIpc) is 2.84. The number of aryl methyl sites for hydroxylation is 2. The molecule has 2 rings (SSSR count). The fraction of sp³-hybridized carbons (Fsp3) is 0.308. The summed E-state index contributed by atoms with van der Waals surface area (Å²) in [5.41, 5.74) is 1.93. The molecule has 0 atom stereocenters. The molecule has 1 heterocycles. The van der Waals surface area contributed by atoms with Gasteiger partial charge >= 0.3 is 0 Å². The maximum Gasteiger partial charge on any atom is 0.228 e. The molecular weight excluding hydrogens is 382 g/mol. The highest BCUT2D eigenvalue weighted by Crippen LogP contribution is 2.15. The van der Waals surface area contributed by atoms with Crippen molar-refractivity contribution in [1.82, 2.24) is 9.11 Å². The Hall–Kier alpha value is -1.43. The van der Waals surface area contributed by atoms with Crippen LogP contribution < -0.4 is 4.13 Å². The van der Waals surface area contributed by atoms with Gasteiger partial charge in [-0.2, -0.15) is 0 Å². The number of hydrogen-bond donors (Lipinski definition) is 1. The van der Waals surface area contributed by atoms with Crippen molar-refractivity contribution in [2.75, 3.05) is 5.75 Å². The van der Waals surface area contributed by atoms with Gasteiger partial charge in [0.2, 0.25) is 20.0 Å². The van der Waals surface area contributed by atoms with Crippen LogP contribution in [0.4, 0.5) is 8.78 Å². The summed E-state index contributed by atoms with van der Waals surface area (Å²) in [7, 11) is -8.47. The van der Waals surface area contributed by atoms with Crippen molar-refractivity contribution in [1.29, 1.82) is 0 Å². The van der Waals surface area contributed by atoms with Crippen LogP contribution in [0, 0.1) is 18.6 Å². The SMILES string of the molecule is Cc1ncsc1CCS(=O)(=O)NS(=O)(=O)Cc1ccc(F)cc1F. The monoisotopic (exact) mass is 396 g/mol. The number of halogens is 2. The van der Waals surface area contributed by atoms with Gasteiger partial charge in [-0.05, 0) is 19.4 Å². The Kier molecular flexibility index (Phi) is 5.68. The van der Waals surface area contributed by atoms with Crippen molar-refractivity contribution < 1.29 is 25.6 Å². The van der Waals surface area contributed by atoms with Gasteiger partial charge in [0, 0.05) is 16.5 Å². The summed E-state index contributed by atoms with van der Waals surface area (Å²) in [5.74, 6) is -3.26. The topological polar surface area (TPSA) is 93.2 Å². The number of thiazole rings is 1. The van der Waals surface area contributed by atoms with Crippen molar-refractivity contribution in [2.24, 2.45) is 0 Å². The molecule has 0 unspecified atom stereocenters. The quantitative estimate of drug-likeness (QED) is 0.769. The van der Waals surface area contributed by atoms with Gasteiger partial charge < -0.3 is 0 Å². The zero-order valence-electron chi connectivity index (χ0n) is 12.5. The number of nitrogens with one attached hydrogen (secondary N) is 1. The standard InChI is InChI=1S/C13H14F2N2O4S3/c1-9-13(22-8-16-9)4-5-23(18,19)17-24(20,21)7-10-2-3-11(14)6-12(10)15/h2-3,6,8,17H,4-5,7H2,1H3. The first-order valence-electron chi connectivity index (χ1n) is 6.65. The molecular formula is C13H14F2N2O4S3. The summed E-state index contributed by atoms with van der Waals surface area (Å²) >= 11 is 1.28. The van der Waals surface area contributed by atoms with E-state index in [4.69, 9.17) is 0 Å². The van der Waals surface area contributed by atoms with Crippen LogP contribution in [0.3, 0.4) is 0 Å². The molecule has 6 nitrogen and oxygen atoms in total. The second-order valence-electron chi connectivity index (χ2n) is 5.01. The van der Waals surface area contributed by atoms with Gasteiger partial charge in [-0.1, -0.05) is 6.07 Å². The lowest BCUT2D eigenvalue weighted by molar-refractivity contribution is 0.564. The third kappa shape index (κ3) is 5.30. The van der Waals surface area contributed by atoms with Crippen LogP contribution in [0.1, 0.15) is 16.1 Å². The molecule has 1 aromatic heterocycles. The number of hydrogen-bond acceptors (Lipinski definition) is 6. The molecule has 0 bridgehead atoms. The van der Waals surface area contributed by atoms with E-state index >= 15 is 0 Å². The molecule has 132 valence electrons. The van der Waals surface area contributed by atoms with E-state index in [0.717, 1.165) is 17.0 Å². The lowest BCUT2D eigenvalue weighted by atomic mass is 10.2. The van der Waals surface area contributed by atoms with Gasteiger partial charge in [-0.25, -0.2) is 30.6 Å². The van der Waals surface area contributed by atoms with Crippen LogP contribution in [-0.2, 0) is 32.2 Å². The predicted molar refractivity (Wildman–Crippen MR) is 86.5 cm³/mol. The first-order valence-corrected chi connectivity index (χ1v) is 10.8. The maximum absolute atomic E-state index is 13.5. The van der Waals surface area contributed by atoms with E-state index in [1.165, 1.54) is 11.3 Å². The minimum atomic E-state index is -4.34. The van der Waals surface area contributed by atoms with Gasteiger partial charge in [-0.3, -0.25) is 0 Å². The van der Waals surface area contributed by atoms with E-state index in [1.54, 1.807) is 16.6 Å². The largest absolute Gasteiger partial charge is 0.250 e. The molecule has 2 aromatic rings. The Balaban J connectivity index is 2.05. The van der Waals surface area contributed by atoms with Crippen molar-refractivity contribution in [3.63, 3.8) is 0 Å². The fourth-order valence-electron chi connectivity index (χ4n) is 1.90. The van der Waals surface area contributed by atoms with Gasteiger partial charge in [0.05, 0.1) is 22.7 Å². The molecule has 0 aliphatic carbocycles. The summed E-state index contributed by atoms with van der Waals surface area (Å²) in [6.07, 6.45) is 0.117. The van der Waals surface area contributed by atoms with E-state index in [2.05, 4.69) is 4.98 Å². The summed E-state index contributed by atoms with van der Waals surface area (Å²) in [5, 5.41) is 0. The summed E-state index contributed by atoms with van der Waals surface area (Å²) in [6, 6.07) is 2.39. The first kappa shape index (κ1) is 18.9. The van der Waals surface area contributed by atoms with Crippen LogP contribution in [-0.4, -0.2) is 27.6 Å². The average molecular weight is 396 g/mol. The Bertz CT molecular complexity index is 940. The van der Waals surface area contributed by atoms with Gasteiger partial charge in [-0.15, -0.1) is 15.5 Å². The van der Waals surface area contributed by atoms with E-state index in [1.807, 2.05) is 0 Å². The molecule has 24 heavy (non-hydrogen) atoms. The van der Waals surface area contributed by atoms with Crippen molar-refractivity contribution in [3.05, 3.63) is 51.5 Å². The fourth-order valence-corrected chi connectivity index (χ4v) is 6.04. The highest BCUT2D eigenvalue weighted by molar-refractivity contribution is 8.04. The third-order valence-corrected chi connectivity index (χ3v) is 7.52. The number of sulfonamides is 2. The lowest BCUT2D eigenvalue weighted by Crippen LogP contribution is -2.34. The van der Waals surface area contributed by atoms with Gasteiger partial charge in [0.25, 0.3) is 0 Å². The molecule has 0 radical (unpaired) electrons. The minimum Gasteiger partial charge on any atom is -0.250 e. The van der Waals surface area contributed by atoms with E-state index in [-0.39, 0.29) is 12.0 Å². The van der Waals surface area contributed by atoms with E-state index in [9.17, 15) is 25.6 Å². The Morgan fingerprint density at radius 3 is 2.46 bits per heavy atom. The number of aromatic nitrogens is 1. The van der Waals surface area contributed by atoms with E-state index < -0.39 is 43.2 Å². The van der Waals surface area contributed by atoms with Crippen LogP contribution in [0.5, 0.6) is 0 Å². The molecule has 1 N–H and O–H groups in total. The van der Waals surface area contributed by atoms with E-state index in [0.29, 0.717) is 11.8 Å². The predicted octanol–water partition coefficient (Wildman–Crippen LogP) is 1.72. The first-order chi connectivity index (χ1) is 11.1. The molecule has 0 spiro atoms. The molecule has 0 saturated carbocycles. The molecule has 0 fully saturated rings. The molecule has 0 aliphatic rings. The summed E-state index contributed by atoms with van der Waals surface area (Å²) < 4.78 is 75.6. The normalized spacial score (nSPS) is 12.5. The Morgan fingerprint density at radius 1 is 1.17 bits per heavy atom. The van der Waals surface area contributed by atoms with Crippen LogP contribution >= 0.6 is 11.3 Å². The highest BCUT2D eigenvalue weighted by Gasteiger charge is 2.23. The highest BCUT2D eigenvalue weighted by atomic mass is 32.3. The van der Waals surface area contributed by atoms with Crippen LogP contribution in [0.25, 0.3) is 0 Å². The van der Waals surface area contributed by atoms with Crippen molar-refractivity contribution in [2.45, 2.75) is 19.1 Å². The molecule has 11 heteroatoms. The summed E-state index contributed by atoms with van der Waals surface area (Å²) in [6.45, 7) is 1.72. The Labute approximate surface area is 142 Å². The van der Waals surface area contributed by atoms with Gasteiger partial charge in [0.1, 0.15) is 11.6 Å². The van der Waals surface area contributed by atoms with Gasteiger partial charge in [0.15, 0.2) is 0 Å². The van der Waals surface area contributed by atoms with Crippen molar-refractivity contribution >= 4 is 31.4 Å². The van der Waals surface area contributed by atoms with Crippen LogP contribution in [0.2, 0.25) is 0 Å². The second kappa shape index (κ2) is 7.21. The Morgan fingerprint density at radius 2 is 1.88 bits per heavy atom. The summed E-state index contributed by atoms with van der Waals surface area (Å²) in [4.78, 5) is 4.72. The number of benzene rings is 1. The third-order valence-electron chi connectivity index (χ3n) is 3.06. The zero-order chi connectivity index (χ0) is 18.0. The number of rotatable bonds is 7. The maximum atomic E-state index is 13.5. The second-order valence-corrected chi connectivity index (χ2v) is 9.77. The molecule has 1 aromatic carbocycles. The smallest absolute Gasteiger partial charge is 0.228 e.